The number of ketones is 1. The van der Waals surface area contributed by atoms with Crippen LogP contribution in [0, 0.1) is 16.7 Å². The fourth-order valence-electron chi connectivity index (χ4n) is 10.2. The van der Waals surface area contributed by atoms with Crippen LogP contribution in [0.25, 0.3) is 0 Å². The van der Waals surface area contributed by atoms with Gasteiger partial charge in [0.15, 0.2) is 23.6 Å². The van der Waals surface area contributed by atoms with Crippen molar-refractivity contribution >= 4 is 35.6 Å². The Kier molecular flexibility index (Phi) is 11.8. The zero-order chi connectivity index (χ0) is 44.9. The molecule has 3 aliphatic carbocycles. The third kappa shape index (κ3) is 7.29. The Morgan fingerprint density at radius 1 is 0.823 bits per heavy atom. The van der Waals surface area contributed by atoms with Crippen molar-refractivity contribution < 1.29 is 67.8 Å². The highest BCUT2D eigenvalue weighted by molar-refractivity contribution is 5.96. The average Bonchev–Trinajstić information content (AvgIpc) is 3.24. The third-order valence-corrected chi connectivity index (χ3v) is 13.5. The first-order valence-corrected chi connectivity index (χ1v) is 20.5. The van der Waals surface area contributed by atoms with Crippen molar-refractivity contribution in [3.63, 3.8) is 0 Å². The van der Waals surface area contributed by atoms with E-state index >= 15 is 4.79 Å². The number of aliphatic hydroxyl groups excluding tert-OH is 2. The van der Waals surface area contributed by atoms with Gasteiger partial charge in [0.25, 0.3) is 5.91 Å². The summed E-state index contributed by atoms with van der Waals surface area (Å²) in [5.74, 6) is -6.84. The molecule has 0 unspecified atom stereocenters. The van der Waals surface area contributed by atoms with E-state index in [2.05, 4.69) is 5.32 Å². The summed E-state index contributed by atoms with van der Waals surface area (Å²) in [6, 6.07) is 22.9. The van der Waals surface area contributed by atoms with Gasteiger partial charge in [-0.2, -0.15) is 0 Å². The van der Waals surface area contributed by atoms with E-state index < -0.39 is 113 Å². The van der Waals surface area contributed by atoms with Gasteiger partial charge in [0.1, 0.15) is 23.9 Å². The number of esters is 4. The minimum Gasteiger partial charge on any atom is -0.456 e. The molecule has 15 nitrogen and oxygen atoms in total. The Morgan fingerprint density at radius 2 is 1.40 bits per heavy atom. The van der Waals surface area contributed by atoms with E-state index in [1.165, 1.54) is 26.0 Å². The highest BCUT2D eigenvalue weighted by atomic mass is 16.6. The number of carbonyl (C=O) groups excluding carboxylic acids is 6. The molecule has 2 bridgehead atoms. The minimum absolute atomic E-state index is 0.00289. The molecule has 62 heavy (non-hydrogen) atoms. The molecule has 1 saturated heterocycles. The maximum atomic E-state index is 15.5. The number of ether oxygens (including phenoxy) is 5. The van der Waals surface area contributed by atoms with Crippen LogP contribution < -0.4 is 5.32 Å². The lowest BCUT2D eigenvalue weighted by Gasteiger charge is -2.67. The van der Waals surface area contributed by atoms with Gasteiger partial charge in [0, 0.05) is 37.7 Å². The molecule has 1 aliphatic heterocycles. The molecule has 0 radical (unpaired) electrons. The van der Waals surface area contributed by atoms with E-state index in [1.54, 1.807) is 92.7 Å². The van der Waals surface area contributed by atoms with Crippen molar-refractivity contribution in [2.75, 3.05) is 6.61 Å². The highest BCUT2D eigenvalue weighted by Crippen LogP contribution is 2.64. The maximum Gasteiger partial charge on any atom is 0.338 e. The monoisotopic (exact) mass is 853 g/mol. The second-order valence-electron chi connectivity index (χ2n) is 17.4. The molecule has 0 spiro atoms. The zero-order valence-corrected chi connectivity index (χ0v) is 35.2. The summed E-state index contributed by atoms with van der Waals surface area (Å²) in [5, 5.41) is 40.2. The number of hydrogen-bond acceptors (Lipinski definition) is 14. The summed E-state index contributed by atoms with van der Waals surface area (Å²) in [7, 11) is 0. The van der Waals surface area contributed by atoms with Crippen molar-refractivity contribution in [2.24, 2.45) is 16.7 Å². The molecule has 11 atom stereocenters. The molecule has 3 fully saturated rings. The Balaban J connectivity index is 1.39. The maximum absolute atomic E-state index is 15.5. The molecule has 4 N–H and O–H groups in total. The van der Waals surface area contributed by atoms with Gasteiger partial charge < -0.3 is 44.3 Å². The van der Waals surface area contributed by atoms with Gasteiger partial charge in [-0.15, -0.1) is 0 Å². The van der Waals surface area contributed by atoms with Crippen LogP contribution in [-0.4, -0.2) is 105 Å². The van der Waals surface area contributed by atoms with Gasteiger partial charge in [-0.05, 0) is 54.8 Å². The van der Waals surface area contributed by atoms with Crippen LogP contribution in [0.15, 0.2) is 102 Å². The second kappa shape index (κ2) is 16.5. The van der Waals surface area contributed by atoms with Gasteiger partial charge in [0.05, 0.1) is 35.6 Å². The number of benzene rings is 3. The fourth-order valence-corrected chi connectivity index (χ4v) is 10.2. The van der Waals surface area contributed by atoms with E-state index in [0.717, 1.165) is 13.8 Å². The molecule has 7 rings (SSSR count). The number of aliphatic hydroxyl groups is 3. The van der Waals surface area contributed by atoms with E-state index in [4.69, 9.17) is 23.7 Å². The third-order valence-electron chi connectivity index (χ3n) is 13.5. The first kappa shape index (κ1) is 44.3. The van der Waals surface area contributed by atoms with Crippen LogP contribution in [0.5, 0.6) is 0 Å². The number of hydrogen-bond donors (Lipinski definition) is 4. The molecule has 2 saturated carbocycles. The van der Waals surface area contributed by atoms with Crippen molar-refractivity contribution in [2.45, 2.75) is 108 Å². The van der Waals surface area contributed by atoms with Crippen molar-refractivity contribution in [1.29, 1.82) is 0 Å². The molecular weight excluding hydrogens is 803 g/mol. The van der Waals surface area contributed by atoms with E-state index in [1.807, 2.05) is 0 Å². The summed E-state index contributed by atoms with van der Waals surface area (Å²) in [6.45, 7) is 7.97. The molecule has 4 aliphatic rings. The van der Waals surface area contributed by atoms with Crippen LogP contribution in [0.3, 0.4) is 0 Å². The summed E-state index contributed by atoms with van der Waals surface area (Å²) < 4.78 is 30.3. The number of rotatable bonds is 10. The standard InChI is InChI=1S/C47H51NO14/c1-25-31(60-43(56)36(52)35(28-16-10-7-11-17-28)48-41(54)29-18-12-8-13-19-29)23-47(57)40(61-42(55)30-20-14-9-15-21-30)38-45(6,32(51)22-33-46(38,24-58-33)62-27(3)50)39(53)37(59-26(2)49)34(25)44(47,4)5/h7-21,31-33,35-38,40,51-52,57H,22-24H2,1-6H3,(H,48,54)/t31-,32+,33-,35-,36+,37+,38+,40+,45-,46+,47+/m0/s1. The molecule has 15 heteroatoms. The molecule has 3 aromatic carbocycles. The lowest BCUT2D eigenvalue weighted by atomic mass is 9.44. The largest absolute Gasteiger partial charge is 0.456 e. The number of Topliss-reactive ketones (excluding diaryl/α,β-unsaturated/α-hetero) is 1. The number of fused-ring (bicyclic) bond motifs is 5. The number of amides is 1. The highest BCUT2D eigenvalue weighted by Gasteiger charge is 2.78. The summed E-state index contributed by atoms with van der Waals surface area (Å²) >= 11 is 0. The molecule has 0 aromatic heterocycles. The Bertz CT molecular complexity index is 2280. The van der Waals surface area contributed by atoms with E-state index in [9.17, 15) is 39.3 Å². The normalized spacial score (nSPS) is 31.9. The molecule has 328 valence electrons. The topological polar surface area (TPSA) is 221 Å². The van der Waals surface area contributed by atoms with Crippen LogP contribution >= 0.6 is 0 Å². The molecular formula is C47H51NO14. The van der Waals surface area contributed by atoms with Crippen LogP contribution in [0.1, 0.15) is 86.7 Å². The Labute approximate surface area is 358 Å². The minimum atomic E-state index is -2.39. The molecule has 1 amide bonds. The quantitative estimate of drug-likeness (QED) is 0.130. The summed E-state index contributed by atoms with van der Waals surface area (Å²) in [6.07, 6.45) is -10.5. The van der Waals surface area contributed by atoms with E-state index in [0.29, 0.717) is 5.56 Å². The Morgan fingerprint density at radius 3 is 1.95 bits per heavy atom. The van der Waals surface area contributed by atoms with Crippen LogP contribution in [0.4, 0.5) is 0 Å². The number of carbonyl (C=O) groups is 6. The van der Waals surface area contributed by atoms with Crippen LogP contribution in [0.2, 0.25) is 0 Å². The Hall–Kier alpha value is -5.74. The summed E-state index contributed by atoms with van der Waals surface area (Å²) in [5.41, 5.74) is -7.02. The fraction of sp³-hybridized carbons (Fsp3) is 0.447. The number of nitrogens with one attached hydrogen (secondary N) is 1. The van der Waals surface area contributed by atoms with Gasteiger partial charge in [-0.3, -0.25) is 19.2 Å². The molecule has 1 heterocycles. The SMILES string of the molecule is CC(=O)O[C@H]1C(=O)[C@@]2(C)[C@H](O)C[C@@H]3OC[C@]3(OC(C)=O)[C@@H]2[C@@H](OC(=O)c2ccccc2)[C@]2(O)C[C@H](OC(=O)[C@H](O)[C@@H](NC(=O)c3ccccc3)c3ccccc3)C(C)=C1C2(C)C. The van der Waals surface area contributed by atoms with Crippen molar-refractivity contribution in [3.8, 4) is 0 Å². The van der Waals surface area contributed by atoms with Crippen LogP contribution in [-0.2, 0) is 42.9 Å². The van der Waals surface area contributed by atoms with Crippen molar-refractivity contribution in [1.82, 2.24) is 5.32 Å². The second-order valence-corrected chi connectivity index (χ2v) is 17.4. The van der Waals surface area contributed by atoms with Crippen molar-refractivity contribution in [3.05, 3.63) is 119 Å². The van der Waals surface area contributed by atoms with E-state index in [-0.39, 0.29) is 35.3 Å². The van der Waals surface area contributed by atoms with Gasteiger partial charge >= 0.3 is 23.9 Å². The average molecular weight is 854 g/mol. The predicted octanol–water partition coefficient (Wildman–Crippen LogP) is 3.74. The van der Waals surface area contributed by atoms with Gasteiger partial charge in [-0.25, -0.2) is 9.59 Å². The zero-order valence-electron chi connectivity index (χ0n) is 35.2. The first-order chi connectivity index (χ1) is 29.3. The lowest BCUT2D eigenvalue weighted by Crippen LogP contribution is -2.82. The first-order valence-electron chi connectivity index (χ1n) is 20.5. The smallest absolute Gasteiger partial charge is 0.338 e. The van der Waals surface area contributed by atoms with Gasteiger partial charge in [0.2, 0.25) is 0 Å². The lowest BCUT2D eigenvalue weighted by molar-refractivity contribution is -0.346. The summed E-state index contributed by atoms with van der Waals surface area (Å²) in [4.78, 5) is 83.5. The molecule has 3 aromatic rings. The van der Waals surface area contributed by atoms with Gasteiger partial charge in [-0.1, -0.05) is 80.6 Å². The predicted molar refractivity (Wildman–Crippen MR) is 218 cm³/mol.